The van der Waals surface area contributed by atoms with E-state index in [0.29, 0.717) is 0 Å². The van der Waals surface area contributed by atoms with Crippen molar-refractivity contribution in [1.29, 1.82) is 0 Å². The summed E-state index contributed by atoms with van der Waals surface area (Å²) in [5.41, 5.74) is 0. The summed E-state index contributed by atoms with van der Waals surface area (Å²) in [4.78, 5) is 6.85. The molecule has 1 rings (SSSR count). The van der Waals surface area contributed by atoms with Crippen molar-refractivity contribution in [2.75, 3.05) is 51.8 Å². The minimum absolute atomic E-state index is 0. The Kier molecular flexibility index (Phi) is 15.4. The van der Waals surface area contributed by atoms with Gasteiger partial charge in [-0.2, -0.15) is 11.8 Å². The van der Waals surface area contributed by atoms with Gasteiger partial charge >= 0.3 is 0 Å². The maximum Gasteiger partial charge on any atom is 0.191 e. The Hall–Kier alpha value is 0.310. The molecule has 0 aliphatic carbocycles. The summed E-state index contributed by atoms with van der Waals surface area (Å²) in [5, 5.41) is 6.71. The Bertz CT molecular complexity index is 258. The zero-order chi connectivity index (χ0) is 14.5. The van der Waals surface area contributed by atoms with Crippen molar-refractivity contribution in [3.63, 3.8) is 0 Å². The Morgan fingerprint density at radius 1 is 1.05 bits per heavy atom. The lowest BCUT2D eigenvalue weighted by molar-refractivity contribution is 0.224. The monoisotopic (exact) mass is 428 g/mol. The number of guanidine groups is 1. The molecule has 1 saturated heterocycles. The fraction of sp³-hybridized carbons (Fsp3) is 0.933. The highest BCUT2D eigenvalue weighted by atomic mass is 127. The van der Waals surface area contributed by atoms with Gasteiger partial charge in [-0.15, -0.1) is 24.0 Å². The third-order valence-electron chi connectivity index (χ3n) is 3.71. The molecule has 1 heterocycles. The maximum absolute atomic E-state index is 4.23. The highest BCUT2D eigenvalue weighted by Crippen LogP contribution is 2.09. The van der Waals surface area contributed by atoms with Crippen molar-refractivity contribution in [3.05, 3.63) is 0 Å². The number of thioether (sulfide) groups is 1. The van der Waals surface area contributed by atoms with Crippen LogP contribution in [0.25, 0.3) is 0 Å². The number of halogens is 1. The van der Waals surface area contributed by atoms with E-state index in [1.54, 1.807) is 0 Å². The molecule has 1 aliphatic heterocycles. The zero-order valence-electron chi connectivity index (χ0n) is 13.7. The van der Waals surface area contributed by atoms with Gasteiger partial charge in [0.05, 0.1) is 0 Å². The van der Waals surface area contributed by atoms with Crippen LogP contribution in [0.15, 0.2) is 4.99 Å². The Labute approximate surface area is 152 Å². The lowest BCUT2D eigenvalue weighted by atomic mass is 10.1. The predicted octanol–water partition coefficient (Wildman–Crippen LogP) is 2.79. The van der Waals surface area contributed by atoms with E-state index in [9.17, 15) is 0 Å². The summed E-state index contributed by atoms with van der Waals surface area (Å²) in [5.74, 6) is 2.06. The molecule has 4 nitrogen and oxygen atoms in total. The molecule has 0 atom stereocenters. The van der Waals surface area contributed by atoms with E-state index in [0.717, 1.165) is 24.8 Å². The van der Waals surface area contributed by atoms with Gasteiger partial charge < -0.3 is 15.5 Å². The van der Waals surface area contributed by atoms with Crippen LogP contribution in [0.2, 0.25) is 0 Å². The number of nitrogens with one attached hydrogen (secondary N) is 2. The minimum atomic E-state index is 0. The second-order valence-electron chi connectivity index (χ2n) is 5.38. The van der Waals surface area contributed by atoms with Gasteiger partial charge in [-0.3, -0.25) is 4.99 Å². The topological polar surface area (TPSA) is 39.7 Å². The Morgan fingerprint density at radius 2 is 1.76 bits per heavy atom. The highest BCUT2D eigenvalue weighted by Gasteiger charge is 2.08. The van der Waals surface area contributed by atoms with Crippen LogP contribution < -0.4 is 10.6 Å². The molecule has 0 saturated carbocycles. The highest BCUT2D eigenvalue weighted by molar-refractivity contribution is 14.0. The van der Waals surface area contributed by atoms with E-state index >= 15 is 0 Å². The largest absolute Gasteiger partial charge is 0.356 e. The fourth-order valence-electron chi connectivity index (χ4n) is 2.52. The van der Waals surface area contributed by atoms with Gasteiger partial charge in [-0.1, -0.05) is 12.8 Å². The predicted molar refractivity (Wildman–Crippen MR) is 107 cm³/mol. The number of unbranched alkanes of at least 4 members (excludes halogenated alkanes) is 2. The Morgan fingerprint density at radius 3 is 2.43 bits per heavy atom. The van der Waals surface area contributed by atoms with Crippen molar-refractivity contribution >= 4 is 41.7 Å². The molecule has 0 amide bonds. The summed E-state index contributed by atoms with van der Waals surface area (Å²) < 4.78 is 0. The first-order valence-corrected chi connectivity index (χ1v) is 9.42. The number of rotatable bonds is 9. The third kappa shape index (κ3) is 11.5. The van der Waals surface area contributed by atoms with E-state index in [1.165, 1.54) is 58.2 Å². The van der Waals surface area contributed by atoms with Crippen LogP contribution in [0.5, 0.6) is 0 Å². The Balaban J connectivity index is 0.00000400. The standard InChI is InChI=1S/C15H32N4S.HI/c1-16-15(18-10-14-20-2)17-9-5-3-6-11-19-12-7-4-8-13-19;/h3-14H2,1-2H3,(H2,16,17,18);1H. The van der Waals surface area contributed by atoms with E-state index in [-0.39, 0.29) is 24.0 Å². The van der Waals surface area contributed by atoms with Gasteiger partial charge in [0.15, 0.2) is 5.96 Å². The van der Waals surface area contributed by atoms with Gasteiger partial charge in [0.1, 0.15) is 0 Å². The molecule has 6 heteroatoms. The van der Waals surface area contributed by atoms with Crippen molar-refractivity contribution in [1.82, 2.24) is 15.5 Å². The molecule has 21 heavy (non-hydrogen) atoms. The number of likely N-dealkylation sites (tertiary alicyclic amines) is 1. The van der Waals surface area contributed by atoms with Crippen LogP contribution in [0.1, 0.15) is 38.5 Å². The number of aliphatic imine (C=N–C) groups is 1. The first-order chi connectivity index (χ1) is 9.86. The molecule has 0 aromatic rings. The van der Waals surface area contributed by atoms with Crippen molar-refractivity contribution in [2.24, 2.45) is 4.99 Å². The maximum atomic E-state index is 4.23. The smallest absolute Gasteiger partial charge is 0.191 e. The van der Waals surface area contributed by atoms with Gasteiger partial charge in [0.2, 0.25) is 0 Å². The lowest BCUT2D eigenvalue weighted by Crippen LogP contribution is -2.38. The first-order valence-electron chi connectivity index (χ1n) is 8.02. The molecule has 2 N–H and O–H groups in total. The zero-order valence-corrected chi connectivity index (χ0v) is 16.8. The summed E-state index contributed by atoms with van der Waals surface area (Å²) in [6, 6.07) is 0. The molecule has 0 aromatic heterocycles. The average molecular weight is 428 g/mol. The van der Waals surface area contributed by atoms with Crippen LogP contribution in [0.4, 0.5) is 0 Å². The van der Waals surface area contributed by atoms with Crippen molar-refractivity contribution < 1.29 is 0 Å². The second kappa shape index (κ2) is 15.2. The van der Waals surface area contributed by atoms with Crippen LogP contribution in [0.3, 0.4) is 0 Å². The van der Waals surface area contributed by atoms with E-state index in [2.05, 4.69) is 26.8 Å². The summed E-state index contributed by atoms with van der Waals surface area (Å²) in [6.45, 7) is 5.95. The summed E-state index contributed by atoms with van der Waals surface area (Å²) in [6.07, 6.45) is 10.2. The normalized spacial score (nSPS) is 16.4. The van der Waals surface area contributed by atoms with Gasteiger partial charge in [-0.25, -0.2) is 0 Å². The van der Waals surface area contributed by atoms with Crippen molar-refractivity contribution in [2.45, 2.75) is 38.5 Å². The van der Waals surface area contributed by atoms with Crippen LogP contribution >= 0.6 is 35.7 Å². The van der Waals surface area contributed by atoms with Crippen LogP contribution in [0, 0.1) is 0 Å². The van der Waals surface area contributed by atoms with Crippen molar-refractivity contribution in [3.8, 4) is 0 Å². The molecule has 0 aromatic carbocycles. The molecule has 126 valence electrons. The van der Waals surface area contributed by atoms with E-state index in [1.807, 2.05) is 18.8 Å². The molecular formula is C15H33IN4S. The number of hydrogen-bond donors (Lipinski definition) is 2. The lowest BCUT2D eigenvalue weighted by Gasteiger charge is -2.26. The van der Waals surface area contributed by atoms with E-state index < -0.39 is 0 Å². The van der Waals surface area contributed by atoms with Gasteiger partial charge in [-0.05, 0) is 51.6 Å². The molecule has 0 radical (unpaired) electrons. The molecule has 0 spiro atoms. The number of piperidine rings is 1. The molecule has 0 unspecified atom stereocenters. The molecule has 1 fully saturated rings. The SMILES string of the molecule is CN=C(NCCCCCN1CCCCC1)NCCSC.I. The third-order valence-corrected chi connectivity index (χ3v) is 4.33. The average Bonchev–Trinajstić information content (AvgIpc) is 2.50. The molecular weight excluding hydrogens is 395 g/mol. The first kappa shape index (κ1) is 21.3. The quantitative estimate of drug-likeness (QED) is 0.257. The molecule has 0 bridgehead atoms. The van der Waals surface area contributed by atoms with Crippen LogP contribution in [-0.4, -0.2) is 62.6 Å². The number of nitrogens with zero attached hydrogens (tertiary/aromatic N) is 2. The fourth-order valence-corrected chi connectivity index (χ4v) is 2.83. The van der Waals surface area contributed by atoms with Crippen LogP contribution in [-0.2, 0) is 0 Å². The van der Waals surface area contributed by atoms with E-state index in [4.69, 9.17) is 0 Å². The van der Waals surface area contributed by atoms with Gasteiger partial charge in [0, 0.05) is 25.9 Å². The van der Waals surface area contributed by atoms with Gasteiger partial charge in [0.25, 0.3) is 0 Å². The minimum Gasteiger partial charge on any atom is -0.356 e. The molecule has 1 aliphatic rings. The summed E-state index contributed by atoms with van der Waals surface area (Å²) >= 11 is 1.85. The summed E-state index contributed by atoms with van der Waals surface area (Å²) in [7, 11) is 1.84. The number of hydrogen-bond acceptors (Lipinski definition) is 3. The second-order valence-corrected chi connectivity index (χ2v) is 6.37.